The van der Waals surface area contributed by atoms with E-state index in [2.05, 4.69) is 62.0 Å². The predicted molar refractivity (Wildman–Crippen MR) is 86.4 cm³/mol. The van der Waals surface area contributed by atoms with Gasteiger partial charge in [-0.25, -0.2) is 0 Å². The molecule has 2 aromatic carbocycles. The Balaban J connectivity index is 1.93. The van der Waals surface area contributed by atoms with Crippen LogP contribution in [0.25, 0.3) is 0 Å². The Hall–Kier alpha value is -1.34. The van der Waals surface area contributed by atoms with E-state index < -0.39 is 0 Å². The zero-order valence-electron chi connectivity index (χ0n) is 11.8. The van der Waals surface area contributed by atoms with Crippen LogP contribution in [0.15, 0.2) is 72.8 Å². The average Bonchev–Trinajstić information content (AvgIpc) is 2.48. The molecular formula is C18H20OSe. The first-order valence-electron chi connectivity index (χ1n) is 6.74. The summed E-state index contributed by atoms with van der Waals surface area (Å²) in [6, 6.07) is 21.0. The predicted octanol–water partition coefficient (Wildman–Crippen LogP) is 3.70. The van der Waals surface area contributed by atoms with Crippen LogP contribution in [0.1, 0.15) is 25.0 Å². The Morgan fingerprint density at radius 2 is 1.65 bits per heavy atom. The molecule has 0 bridgehead atoms. The molecule has 0 heterocycles. The number of ether oxygens (including phenoxy) is 1. The summed E-state index contributed by atoms with van der Waals surface area (Å²) in [4.78, 5) is 0. The van der Waals surface area contributed by atoms with Gasteiger partial charge in [0.25, 0.3) is 0 Å². The molecule has 104 valence electrons. The summed E-state index contributed by atoms with van der Waals surface area (Å²) >= 11 is 0.364. The average molecular weight is 331 g/mol. The topological polar surface area (TPSA) is 9.23 Å². The third-order valence-electron chi connectivity index (χ3n) is 2.94. The van der Waals surface area contributed by atoms with E-state index in [4.69, 9.17) is 4.74 Å². The van der Waals surface area contributed by atoms with Crippen molar-refractivity contribution < 1.29 is 4.74 Å². The third-order valence-corrected chi connectivity index (χ3v) is 4.75. The summed E-state index contributed by atoms with van der Waals surface area (Å²) in [7, 11) is 0. The summed E-state index contributed by atoms with van der Waals surface area (Å²) in [5.41, 5.74) is 3.19. The minimum absolute atomic E-state index is 0.124. The molecule has 20 heavy (non-hydrogen) atoms. The van der Waals surface area contributed by atoms with Gasteiger partial charge in [0.05, 0.1) is 0 Å². The molecule has 2 aromatic rings. The normalized spacial score (nSPS) is 12.1. The maximum absolute atomic E-state index is 6.11. The van der Waals surface area contributed by atoms with Crippen molar-refractivity contribution in [2.45, 2.75) is 19.4 Å². The third kappa shape index (κ3) is 4.97. The van der Waals surface area contributed by atoms with Crippen LogP contribution >= 0.6 is 0 Å². The zero-order chi connectivity index (χ0) is 14.2. The summed E-state index contributed by atoms with van der Waals surface area (Å²) in [5.74, 6) is 0. The van der Waals surface area contributed by atoms with Crippen molar-refractivity contribution in [1.82, 2.24) is 0 Å². The summed E-state index contributed by atoms with van der Waals surface area (Å²) in [6.07, 6.45) is 1.01. The van der Waals surface area contributed by atoms with Crippen LogP contribution in [0, 0.1) is 0 Å². The van der Waals surface area contributed by atoms with Crippen molar-refractivity contribution in [3.63, 3.8) is 0 Å². The molecule has 0 saturated carbocycles. The van der Waals surface area contributed by atoms with Crippen molar-refractivity contribution in [3.8, 4) is 0 Å². The molecule has 0 aliphatic rings. The van der Waals surface area contributed by atoms with E-state index in [0.717, 1.165) is 17.5 Å². The summed E-state index contributed by atoms with van der Waals surface area (Å²) < 4.78 is 7.49. The quantitative estimate of drug-likeness (QED) is 0.555. The number of benzene rings is 2. The standard InChI is InChI=1S/C18H20OSe/c1-15(2)13-18(16-9-5-3-6-10-16)19-14-20-17-11-7-4-8-12-17/h3-12,18H,1,13-14H2,2H3. The van der Waals surface area contributed by atoms with Gasteiger partial charge in [-0.1, -0.05) is 0 Å². The molecule has 2 heteroatoms. The van der Waals surface area contributed by atoms with Crippen LogP contribution in [0.5, 0.6) is 0 Å². The minimum atomic E-state index is 0.124. The molecule has 0 aromatic heterocycles. The molecule has 0 N–H and O–H groups in total. The van der Waals surface area contributed by atoms with Crippen molar-refractivity contribution in [2.75, 3.05) is 5.51 Å². The van der Waals surface area contributed by atoms with Crippen LogP contribution in [-0.4, -0.2) is 20.5 Å². The van der Waals surface area contributed by atoms with E-state index in [1.807, 2.05) is 12.1 Å². The first-order chi connectivity index (χ1) is 9.75. The van der Waals surface area contributed by atoms with Gasteiger partial charge in [0.1, 0.15) is 0 Å². The second-order valence-electron chi connectivity index (χ2n) is 4.80. The molecule has 1 unspecified atom stereocenters. The van der Waals surface area contributed by atoms with Gasteiger partial charge < -0.3 is 0 Å². The molecule has 2 rings (SSSR count). The van der Waals surface area contributed by atoms with Crippen LogP contribution in [-0.2, 0) is 4.74 Å². The van der Waals surface area contributed by atoms with Gasteiger partial charge in [-0.3, -0.25) is 0 Å². The Bertz CT molecular complexity index is 522. The van der Waals surface area contributed by atoms with E-state index in [1.54, 1.807) is 0 Å². The van der Waals surface area contributed by atoms with E-state index in [-0.39, 0.29) is 6.10 Å². The van der Waals surface area contributed by atoms with E-state index in [1.165, 1.54) is 10.0 Å². The molecule has 0 radical (unpaired) electrons. The van der Waals surface area contributed by atoms with Crippen molar-refractivity contribution in [3.05, 3.63) is 78.4 Å². The van der Waals surface area contributed by atoms with Crippen LogP contribution < -0.4 is 4.46 Å². The molecule has 0 amide bonds. The van der Waals surface area contributed by atoms with Gasteiger partial charge >= 0.3 is 127 Å². The Morgan fingerprint density at radius 1 is 1.05 bits per heavy atom. The van der Waals surface area contributed by atoms with Crippen LogP contribution in [0.3, 0.4) is 0 Å². The van der Waals surface area contributed by atoms with Gasteiger partial charge in [0, 0.05) is 0 Å². The van der Waals surface area contributed by atoms with E-state index in [9.17, 15) is 0 Å². The number of hydrogen-bond acceptors (Lipinski definition) is 1. The fourth-order valence-corrected chi connectivity index (χ4v) is 3.46. The number of hydrogen-bond donors (Lipinski definition) is 0. The summed E-state index contributed by atoms with van der Waals surface area (Å²) in [5, 5.41) is 0. The molecule has 1 nitrogen and oxygen atoms in total. The maximum atomic E-state index is 6.11. The first kappa shape index (κ1) is 15.1. The summed E-state index contributed by atoms with van der Waals surface area (Å²) in [6.45, 7) is 6.07. The zero-order valence-corrected chi connectivity index (χ0v) is 13.5. The molecule has 0 saturated heterocycles. The van der Waals surface area contributed by atoms with Crippen LogP contribution in [0.4, 0.5) is 0 Å². The molecule has 0 spiro atoms. The molecule has 1 atom stereocenters. The van der Waals surface area contributed by atoms with Gasteiger partial charge in [-0.2, -0.15) is 0 Å². The van der Waals surface area contributed by atoms with E-state index in [0.29, 0.717) is 15.0 Å². The molecular weight excluding hydrogens is 311 g/mol. The fourth-order valence-electron chi connectivity index (χ4n) is 1.96. The Kier molecular flexibility index (Phi) is 6.07. The monoisotopic (exact) mass is 332 g/mol. The second-order valence-corrected chi connectivity index (χ2v) is 6.89. The Labute approximate surface area is 127 Å². The first-order valence-corrected chi connectivity index (χ1v) is 8.81. The van der Waals surface area contributed by atoms with Gasteiger partial charge in [-0.05, 0) is 0 Å². The Morgan fingerprint density at radius 3 is 2.25 bits per heavy atom. The van der Waals surface area contributed by atoms with Gasteiger partial charge in [0.15, 0.2) is 0 Å². The molecule has 0 aliphatic heterocycles. The van der Waals surface area contributed by atoms with E-state index >= 15 is 0 Å². The molecule has 0 fully saturated rings. The van der Waals surface area contributed by atoms with Crippen LogP contribution in [0.2, 0.25) is 0 Å². The second kappa shape index (κ2) is 8.06. The SMILES string of the molecule is C=C(C)CC(OC[Se]c1ccccc1)c1ccccc1. The number of rotatable bonds is 7. The fraction of sp³-hybridized carbons (Fsp3) is 0.222. The van der Waals surface area contributed by atoms with Crippen molar-refractivity contribution in [2.24, 2.45) is 0 Å². The van der Waals surface area contributed by atoms with Gasteiger partial charge in [-0.15, -0.1) is 0 Å². The van der Waals surface area contributed by atoms with Gasteiger partial charge in [0.2, 0.25) is 0 Å². The van der Waals surface area contributed by atoms with Crippen molar-refractivity contribution >= 4 is 19.4 Å². The molecule has 0 aliphatic carbocycles. The van der Waals surface area contributed by atoms with Crippen molar-refractivity contribution in [1.29, 1.82) is 0 Å².